The smallest absolute Gasteiger partial charge is 0.264 e. The van der Waals surface area contributed by atoms with E-state index in [2.05, 4.69) is 46.8 Å². The highest BCUT2D eigenvalue weighted by atomic mass is 32.1. The molecular weight excluding hydrogens is 522 g/mol. The van der Waals surface area contributed by atoms with Gasteiger partial charge in [0.1, 0.15) is 17.1 Å². The number of hydrogen-bond acceptors (Lipinski definition) is 7. The molecule has 5 aromatic rings. The number of fused-ring (bicyclic) bond motifs is 1. The second-order valence-corrected chi connectivity index (χ2v) is 9.34. The van der Waals surface area contributed by atoms with E-state index < -0.39 is 5.91 Å². The summed E-state index contributed by atoms with van der Waals surface area (Å²) in [6.45, 7) is 6.12. The standard InChI is InChI=1S/C22H16N2OS.C8H13N5O/c1-2-19-13-17-8-6-7-16(11-12-18-14-26-15-23-18)21(17)22(25)24(19)20-9-4-3-5-10-20;1-3-4-11-8-5(7(10)14)6(9)12-13(8)2/h3-10,13-15H,2H2,1H3;3,11H,1,4H2,2H3,(H2,9,12)(H2,10,14). The number of benzene rings is 2. The van der Waals surface area contributed by atoms with Gasteiger partial charge in [-0.2, -0.15) is 5.10 Å². The molecule has 0 bridgehead atoms. The van der Waals surface area contributed by atoms with Crippen LogP contribution in [-0.4, -0.2) is 31.8 Å². The van der Waals surface area contributed by atoms with E-state index in [0.29, 0.717) is 17.7 Å². The van der Waals surface area contributed by atoms with Crippen molar-refractivity contribution < 1.29 is 4.79 Å². The van der Waals surface area contributed by atoms with Crippen LogP contribution in [-0.2, 0) is 13.5 Å². The molecule has 0 aliphatic carbocycles. The Morgan fingerprint density at radius 1 is 1.18 bits per heavy atom. The summed E-state index contributed by atoms with van der Waals surface area (Å²) in [5.41, 5.74) is 15.9. The van der Waals surface area contributed by atoms with Crippen molar-refractivity contribution in [3.8, 4) is 17.5 Å². The minimum atomic E-state index is -0.595. The van der Waals surface area contributed by atoms with E-state index in [9.17, 15) is 9.59 Å². The first-order chi connectivity index (χ1) is 19.3. The van der Waals surface area contributed by atoms with Gasteiger partial charge in [-0.15, -0.1) is 17.9 Å². The first-order valence-corrected chi connectivity index (χ1v) is 13.4. The fraction of sp³-hybridized carbons (Fsp3) is 0.133. The summed E-state index contributed by atoms with van der Waals surface area (Å²) < 4.78 is 3.26. The molecule has 0 saturated heterocycles. The molecule has 0 saturated carbocycles. The molecule has 0 aliphatic heterocycles. The lowest BCUT2D eigenvalue weighted by molar-refractivity contribution is 0.100. The Balaban J connectivity index is 0.000000224. The summed E-state index contributed by atoms with van der Waals surface area (Å²) >= 11 is 1.51. The first-order valence-electron chi connectivity index (χ1n) is 12.5. The number of carbonyl (C=O) groups excluding carboxylic acids is 1. The van der Waals surface area contributed by atoms with Crippen molar-refractivity contribution in [1.29, 1.82) is 0 Å². The first kappa shape index (κ1) is 27.9. The second-order valence-electron chi connectivity index (χ2n) is 8.63. The molecule has 202 valence electrons. The summed E-state index contributed by atoms with van der Waals surface area (Å²) in [6, 6.07) is 17.6. The molecule has 40 heavy (non-hydrogen) atoms. The van der Waals surface area contributed by atoms with Gasteiger partial charge in [0.15, 0.2) is 5.82 Å². The van der Waals surface area contributed by atoms with Gasteiger partial charge in [-0.3, -0.25) is 18.8 Å². The van der Waals surface area contributed by atoms with Crippen LogP contribution in [0.25, 0.3) is 16.5 Å². The fourth-order valence-electron chi connectivity index (χ4n) is 4.20. The molecule has 0 atom stereocenters. The molecule has 2 aromatic carbocycles. The van der Waals surface area contributed by atoms with Crippen molar-refractivity contribution >= 4 is 39.7 Å². The van der Waals surface area contributed by atoms with Crippen molar-refractivity contribution in [1.82, 2.24) is 19.3 Å². The fourth-order valence-corrected chi connectivity index (χ4v) is 4.69. The van der Waals surface area contributed by atoms with Crippen LogP contribution in [0.5, 0.6) is 0 Å². The van der Waals surface area contributed by atoms with Gasteiger partial charge in [0.25, 0.3) is 11.5 Å². The van der Waals surface area contributed by atoms with Crippen molar-refractivity contribution in [2.45, 2.75) is 13.3 Å². The number of amides is 1. The van der Waals surface area contributed by atoms with Crippen molar-refractivity contribution in [2.75, 3.05) is 17.6 Å². The third-order valence-corrected chi connectivity index (χ3v) is 6.58. The van der Waals surface area contributed by atoms with Gasteiger partial charge in [-0.1, -0.05) is 49.3 Å². The largest absolute Gasteiger partial charge is 0.381 e. The molecule has 3 heterocycles. The monoisotopic (exact) mass is 551 g/mol. The number of para-hydroxylation sites is 1. The summed E-state index contributed by atoms with van der Waals surface area (Å²) in [7, 11) is 1.67. The molecule has 0 unspecified atom stereocenters. The number of nitrogen functional groups attached to an aromatic ring is 1. The molecular formula is C30H29N7O2S. The topological polar surface area (TPSA) is 134 Å². The number of nitrogens with one attached hydrogen (secondary N) is 1. The average molecular weight is 552 g/mol. The normalized spacial score (nSPS) is 10.2. The number of hydrogen-bond donors (Lipinski definition) is 3. The maximum absolute atomic E-state index is 13.4. The number of aryl methyl sites for hydroxylation is 2. The number of rotatable bonds is 6. The number of nitrogens with two attached hydrogens (primary N) is 2. The van der Waals surface area contributed by atoms with Crippen LogP contribution in [0.2, 0.25) is 0 Å². The van der Waals surface area contributed by atoms with Crippen LogP contribution >= 0.6 is 11.3 Å². The van der Waals surface area contributed by atoms with E-state index in [-0.39, 0.29) is 16.9 Å². The number of anilines is 2. The third-order valence-electron chi connectivity index (χ3n) is 5.99. The van der Waals surface area contributed by atoms with Crippen LogP contribution in [0, 0.1) is 11.8 Å². The number of carbonyl (C=O) groups is 1. The number of primary amides is 1. The molecule has 9 nitrogen and oxygen atoms in total. The van der Waals surface area contributed by atoms with E-state index in [4.69, 9.17) is 11.5 Å². The van der Waals surface area contributed by atoms with Crippen LogP contribution in [0.15, 0.2) is 82.9 Å². The van der Waals surface area contributed by atoms with E-state index in [1.165, 1.54) is 16.0 Å². The van der Waals surface area contributed by atoms with Gasteiger partial charge in [0.05, 0.1) is 10.9 Å². The van der Waals surface area contributed by atoms with Gasteiger partial charge >= 0.3 is 0 Å². The average Bonchev–Trinajstić information content (AvgIpc) is 3.58. The Morgan fingerprint density at radius 3 is 2.60 bits per heavy atom. The molecule has 5 rings (SSSR count). The minimum Gasteiger partial charge on any atom is -0.381 e. The zero-order valence-electron chi connectivity index (χ0n) is 22.2. The lowest BCUT2D eigenvalue weighted by Gasteiger charge is -2.14. The van der Waals surface area contributed by atoms with Crippen molar-refractivity contribution in [3.05, 3.63) is 111 Å². The van der Waals surface area contributed by atoms with Crippen molar-refractivity contribution in [3.63, 3.8) is 0 Å². The second kappa shape index (κ2) is 12.6. The Morgan fingerprint density at radius 2 is 1.95 bits per heavy atom. The predicted molar refractivity (Wildman–Crippen MR) is 162 cm³/mol. The maximum Gasteiger partial charge on any atom is 0.264 e. The summed E-state index contributed by atoms with van der Waals surface area (Å²) in [6.07, 6.45) is 2.43. The third kappa shape index (κ3) is 5.95. The number of nitrogens with zero attached hydrogens (tertiary/aromatic N) is 4. The molecule has 0 radical (unpaired) electrons. The highest BCUT2D eigenvalue weighted by Gasteiger charge is 2.18. The van der Waals surface area contributed by atoms with E-state index >= 15 is 0 Å². The summed E-state index contributed by atoms with van der Waals surface area (Å²) in [4.78, 5) is 28.6. The SMILES string of the molecule is C=CCNc1c(C(N)=O)c(N)nn1C.CCc1cc2cccc(C#Cc3cscn3)c2c(=O)n1-c1ccccc1. The zero-order valence-corrected chi connectivity index (χ0v) is 23.0. The van der Waals surface area contributed by atoms with Gasteiger partial charge in [-0.05, 0) is 42.0 Å². The van der Waals surface area contributed by atoms with E-state index in [1.807, 2.05) is 53.9 Å². The maximum atomic E-state index is 13.4. The molecule has 0 fully saturated rings. The van der Waals surface area contributed by atoms with Crippen LogP contribution in [0.4, 0.5) is 11.6 Å². The Labute approximate surface area is 235 Å². The molecule has 1 amide bonds. The molecule has 0 spiro atoms. The summed E-state index contributed by atoms with van der Waals surface area (Å²) in [5, 5.41) is 10.3. The van der Waals surface area contributed by atoms with Crippen LogP contribution in [0.3, 0.4) is 0 Å². The van der Waals surface area contributed by atoms with E-state index in [1.54, 1.807) is 23.2 Å². The van der Waals surface area contributed by atoms with Gasteiger partial charge in [0, 0.05) is 35.9 Å². The van der Waals surface area contributed by atoms with Gasteiger partial charge in [-0.25, -0.2) is 4.98 Å². The van der Waals surface area contributed by atoms with Crippen molar-refractivity contribution in [2.24, 2.45) is 12.8 Å². The minimum absolute atomic E-state index is 0.0336. The number of thiazole rings is 1. The quantitative estimate of drug-likeness (QED) is 0.215. The summed E-state index contributed by atoms with van der Waals surface area (Å²) in [5.74, 6) is 6.22. The van der Waals surface area contributed by atoms with Gasteiger partial charge < -0.3 is 16.8 Å². The van der Waals surface area contributed by atoms with Crippen LogP contribution < -0.4 is 22.3 Å². The molecule has 0 aliphatic rings. The molecule has 3 aromatic heterocycles. The molecule has 10 heteroatoms. The highest BCUT2D eigenvalue weighted by Crippen LogP contribution is 2.21. The van der Waals surface area contributed by atoms with Gasteiger partial charge in [0.2, 0.25) is 0 Å². The lowest BCUT2D eigenvalue weighted by Crippen LogP contribution is -2.22. The zero-order chi connectivity index (χ0) is 28.6. The van der Waals surface area contributed by atoms with Crippen LogP contribution in [0.1, 0.15) is 34.2 Å². The predicted octanol–water partition coefficient (Wildman–Crippen LogP) is 4.11. The number of pyridine rings is 1. The number of aromatic nitrogens is 4. The molecule has 5 N–H and O–H groups in total. The Kier molecular flexibility index (Phi) is 8.79. The lowest BCUT2D eigenvalue weighted by atomic mass is 10.0. The Hall–Kier alpha value is -5.14. The Bertz CT molecular complexity index is 1780. The van der Waals surface area contributed by atoms with E-state index in [0.717, 1.165) is 34.4 Å². The highest BCUT2D eigenvalue weighted by molar-refractivity contribution is 7.07.